The van der Waals surface area contributed by atoms with Crippen LogP contribution in [0.15, 0.2) is 4.99 Å². The predicted octanol–water partition coefficient (Wildman–Crippen LogP) is 0.558. The molecule has 0 spiro atoms. The molecule has 1 amide bonds. The molecule has 0 bridgehead atoms. The number of carbonyl (C=O) groups excluding carboxylic acids is 1. The van der Waals surface area contributed by atoms with Gasteiger partial charge in [0.15, 0.2) is 5.96 Å². The van der Waals surface area contributed by atoms with E-state index in [0.29, 0.717) is 18.4 Å². The molecule has 98 valence electrons. The zero-order valence-electron chi connectivity index (χ0n) is 11.1. The fraction of sp³-hybridized carbons (Fsp3) is 0.833. The summed E-state index contributed by atoms with van der Waals surface area (Å²) in [4.78, 5) is 18.0. The van der Waals surface area contributed by atoms with Crippen molar-refractivity contribution in [3.63, 3.8) is 0 Å². The van der Waals surface area contributed by atoms with E-state index in [4.69, 9.17) is 5.73 Å². The number of likely N-dealkylation sites (tertiary alicyclic amines) is 1. The molecule has 0 aromatic heterocycles. The number of carbonyl (C=O) groups is 1. The largest absolute Gasteiger partial charge is 0.370 e. The van der Waals surface area contributed by atoms with Crippen molar-refractivity contribution in [3.8, 4) is 0 Å². The number of nitrogens with zero attached hydrogens (tertiary/aromatic N) is 2. The minimum Gasteiger partial charge on any atom is -0.370 e. The third-order valence-corrected chi connectivity index (χ3v) is 2.78. The Morgan fingerprint density at radius 3 is 2.47 bits per heavy atom. The lowest BCUT2D eigenvalue weighted by Crippen LogP contribution is -2.48. The molecule has 17 heavy (non-hydrogen) atoms. The van der Waals surface area contributed by atoms with Crippen molar-refractivity contribution in [1.82, 2.24) is 10.2 Å². The van der Waals surface area contributed by atoms with Gasteiger partial charge in [-0.25, -0.2) is 0 Å². The lowest BCUT2D eigenvalue weighted by Gasteiger charge is -2.21. The number of guanidine groups is 1. The van der Waals surface area contributed by atoms with E-state index in [1.54, 1.807) is 0 Å². The minimum atomic E-state index is -0.288. The monoisotopic (exact) mass is 240 g/mol. The average Bonchev–Trinajstić information content (AvgIpc) is 2.78. The molecular formula is C12H24N4O. The molecule has 5 nitrogen and oxygen atoms in total. The van der Waals surface area contributed by atoms with Crippen molar-refractivity contribution < 1.29 is 4.79 Å². The Morgan fingerprint density at radius 1 is 1.35 bits per heavy atom. The Hall–Kier alpha value is -1.26. The summed E-state index contributed by atoms with van der Waals surface area (Å²) in [5, 5.41) is 2.95. The van der Waals surface area contributed by atoms with Crippen LogP contribution in [0.3, 0.4) is 0 Å². The predicted molar refractivity (Wildman–Crippen MR) is 69.7 cm³/mol. The molecule has 1 atom stereocenters. The van der Waals surface area contributed by atoms with E-state index in [1.807, 2.05) is 11.8 Å². The van der Waals surface area contributed by atoms with Gasteiger partial charge in [0.1, 0.15) is 6.04 Å². The summed E-state index contributed by atoms with van der Waals surface area (Å²) >= 11 is 0. The van der Waals surface area contributed by atoms with Crippen molar-refractivity contribution in [1.29, 1.82) is 0 Å². The van der Waals surface area contributed by atoms with Gasteiger partial charge in [0.25, 0.3) is 0 Å². The van der Waals surface area contributed by atoms with Crippen LogP contribution in [0.4, 0.5) is 0 Å². The van der Waals surface area contributed by atoms with E-state index in [1.165, 1.54) is 0 Å². The molecule has 0 aromatic carbocycles. The second kappa shape index (κ2) is 6.47. The first-order chi connectivity index (χ1) is 8.00. The number of hydrogen-bond acceptors (Lipinski definition) is 2. The molecule has 1 aliphatic heterocycles. The molecule has 0 aromatic rings. The molecule has 1 saturated heterocycles. The van der Waals surface area contributed by atoms with Crippen LogP contribution < -0.4 is 11.1 Å². The van der Waals surface area contributed by atoms with Crippen molar-refractivity contribution >= 4 is 11.9 Å². The van der Waals surface area contributed by atoms with Crippen molar-refractivity contribution in [2.75, 3.05) is 19.6 Å². The third kappa shape index (κ3) is 4.63. The highest BCUT2D eigenvalue weighted by molar-refractivity contribution is 5.88. The van der Waals surface area contributed by atoms with Gasteiger partial charge in [-0.15, -0.1) is 0 Å². The molecule has 5 heteroatoms. The Bertz CT molecular complexity index is 282. The second-order valence-electron chi connectivity index (χ2n) is 5.02. The third-order valence-electron chi connectivity index (χ3n) is 2.78. The summed E-state index contributed by atoms with van der Waals surface area (Å²) in [6.07, 6.45) is 2.21. The van der Waals surface area contributed by atoms with Gasteiger partial charge in [-0.1, -0.05) is 13.8 Å². The standard InChI is InChI=1S/C12H24N4O/c1-9(2)8-14-12(13)15-10(3)11(17)16-6-4-5-7-16/h9-10H,4-8H2,1-3H3,(H3,13,14,15). The van der Waals surface area contributed by atoms with Gasteiger partial charge in [-0.2, -0.15) is 0 Å². The highest BCUT2D eigenvalue weighted by Crippen LogP contribution is 2.08. The quantitative estimate of drug-likeness (QED) is 0.557. The Balaban J connectivity index is 2.39. The van der Waals surface area contributed by atoms with Crippen LogP contribution in [0.2, 0.25) is 0 Å². The molecule has 1 fully saturated rings. The fourth-order valence-electron chi connectivity index (χ4n) is 1.82. The van der Waals surface area contributed by atoms with E-state index in [-0.39, 0.29) is 11.9 Å². The van der Waals surface area contributed by atoms with Gasteiger partial charge in [0.2, 0.25) is 5.91 Å². The van der Waals surface area contributed by atoms with Crippen molar-refractivity contribution in [3.05, 3.63) is 0 Å². The highest BCUT2D eigenvalue weighted by atomic mass is 16.2. The molecule has 1 unspecified atom stereocenters. The van der Waals surface area contributed by atoms with Gasteiger partial charge in [-0.05, 0) is 25.7 Å². The maximum absolute atomic E-state index is 12.0. The fourth-order valence-corrected chi connectivity index (χ4v) is 1.82. The first-order valence-electron chi connectivity index (χ1n) is 6.36. The zero-order chi connectivity index (χ0) is 12.8. The topological polar surface area (TPSA) is 70.7 Å². The first-order valence-corrected chi connectivity index (χ1v) is 6.36. The maximum atomic E-state index is 12.0. The van der Waals surface area contributed by atoms with Crippen LogP contribution in [0, 0.1) is 5.92 Å². The van der Waals surface area contributed by atoms with Gasteiger partial charge < -0.3 is 16.0 Å². The number of amides is 1. The van der Waals surface area contributed by atoms with E-state index in [2.05, 4.69) is 24.2 Å². The summed E-state index contributed by atoms with van der Waals surface area (Å²) in [7, 11) is 0. The minimum absolute atomic E-state index is 0.116. The zero-order valence-corrected chi connectivity index (χ0v) is 11.1. The van der Waals surface area contributed by atoms with Gasteiger partial charge in [-0.3, -0.25) is 9.79 Å². The maximum Gasteiger partial charge on any atom is 0.244 e. The van der Waals surface area contributed by atoms with Crippen molar-refractivity contribution in [2.24, 2.45) is 16.6 Å². The number of nitrogens with one attached hydrogen (secondary N) is 1. The summed E-state index contributed by atoms with van der Waals surface area (Å²) in [5.41, 5.74) is 5.73. The van der Waals surface area contributed by atoms with Crippen LogP contribution in [0.25, 0.3) is 0 Å². The van der Waals surface area contributed by atoms with Crippen LogP contribution in [0.5, 0.6) is 0 Å². The Labute approximate surface area is 103 Å². The van der Waals surface area contributed by atoms with E-state index >= 15 is 0 Å². The first kappa shape index (κ1) is 13.8. The van der Waals surface area contributed by atoms with Gasteiger partial charge >= 0.3 is 0 Å². The van der Waals surface area contributed by atoms with Crippen LogP contribution in [-0.2, 0) is 4.79 Å². The summed E-state index contributed by atoms with van der Waals surface area (Å²) < 4.78 is 0. The summed E-state index contributed by atoms with van der Waals surface area (Å²) in [5.74, 6) is 0.948. The van der Waals surface area contributed by atoms with Crippen LogP contribution >= 0.6 is 0 Å². The highest BCUT2D eigenvalue weighted by Gasteiger charge is 2.23. The lowest BCUT2D eigenvalue weighted by atomic mass is 10.2. The SMILES string of the molecule is CC(C)CN=C(N)NC(C)C(=O)N1CCCC1. The van der Waals surface area contributed by atoms with Crippen molar-refractivity contribution in [2.45, 2.75) is 39.7 Å². The van der Waals surface area contributed by atoms with E-state index < -0.39 is 0 Å². The van der Waals surface area contributed by atoms with Gasteiger partial charge in [0.05, 0.1) is 0 Å². The molecule has 0 aliphatic carbocycles. The molecule has 1 rings (SSSR count). The Kier molecular flexibility index (Phi) is 5.25. The van der Waals surface area contributed by atoms with Crippen LogP contribution in [-0.4, -0.2) is 42.4 Å². The number of rotatable bonds is 4. The van der Waals surface area contributed by atoms with Gasteiger partial charge in [0, 0.05) is 19.6 Å². The molecule has 1 aliphatic rings. The van der Waals surface area contributed by atoms with Crippen LogP contribution in [0.1, 0.15) is 33.6 Å². The second-order valence-corrected chi connectivity index (χ2v) is 5.02. The summed E-state index contributed by atoms with van der Waals surface area (Å²) in [6.45, 7) is 8.41. The molecule has 0 saturated carbocycles. The molecular weight excluding hydrogens is 216 g/mol. The normalized spacial score (nSPS) is 18.6. The van der Waals surface area contributed by atoms with E-state index in [9.17, 15) is 4.79 Å². The molecule has 0 radical (unpaired) electrons. The molecule has 1 heterocycles. The summed E-state index contributed by atoms with van der Waals surface area (Å²) in [6, 6.07) is -0.288. The smallest absolute Gasteiger partial charge is 0.244 e. The average molecular weight is 240 g/mol. The number of aliphatic imine (C=N–C) groups is 1. The van der Waals surface area contributed by atoms with E-state index in [0.717, 1.165) is 25.9 Å². The Morgan fingerprint density at radius 2 is 1.94 bits per heavy atom. The number of nitrogens with two attached hydrogens (primary N) is 1. The number of hydrogen-bond donors (Lipinski definition) is 2. The molecule has 3 N–H and O–H groups in total. The lowest BCUT2D eigenvalue weighted by molar-refractivity contribution is -0.131.